The number of amides is 1. The zero-order valence-corrected chi connectivity index (χ0v) is 10.9. The molecule has 0 radical (unpaired) electrons. The molecule has 0 spiro atoms. The van der Waals surface area contributed by atoms with Gasteiger partial charge in [-0.15, -0.1) is 0 Å². The van der Waals surface area contributed by atoms with Crippen LogP contribution in [0.3, 0.4) is 0 Å². The van der Waals surface area contributed by atoms with Crippen molar-refractivity contribution in [2.75, 3.05) is 6.26 Å². The molecule has 98 valence electrons. The average molecular weight is 270 g/mol. The maximum absolute atomic E-state index is 10.7. The van der Waals surface area contributed by atoms with Gasteiger partial charge in [-0.1, -0.05) is 0 Å². The van der Waals surface area contributed by atoms with Crippen LogP contribution in [-0.4, -0.2) is 22.4 Å². The third-order valence-electron chi connectivity index (χ3n) is 2.44. The Balaban J connectivity index is 3.09. The van der Waals surface area contributed by atoms with E-state index in [0.29, 0.717) is 5.75 Å². The smallest absolute Gasteiger partial charge is 0.405 e. The van der Waals surface area contributed by atoms with Crippen LogP contribution in [0.1, 0.15) is 24.1 Å². The highest BCUT2D eigenvalue weighted by molar-refractivity contribution is 7.97. The fourth-order valence-corrected chi connectivity index (χ4v) is 2.23. The van der Waals surface area contributed by atoms with Gasteiger partial charge in [0.05, 0.1) is 11.0 Å². The Morgan fingerprint density at radius 1 is 1.61 bits per heavy atom. The van der Waals surface area contributed by atoms with Crippen LogP contribution >= 0.6 is 11.8 Å². The lowest BCUT2D eigenvalue weighted by Gasteiger charge is -2.15. The lowest BCUT2D eigenvalue weighted by atomic mass is 10.0. The lowest BCUT2D eigenvalue weighted by molar-refractivity contribution is -0.384. The Morgan fingerprint density at radius 3 is 2.78 bits per heavy atom. The number of hydrogen-bond acceptors (Lipinski definition) is 4. The topological polar surface area (TPSA) is 92.5 Å². The molecule has 0 saturated carbocycles. The first kappa shape index (κ1) is 14.3. The lowest BCUT2D eigenvalue weighted by Crippen LogP contribution is -2.25. The maximum Gasteiger partial charge on any atom is 0.405 e. The Bertz CT molecular complexity index is 464. The predicted octanol–water partition coefficient (Wildman–Crippen LogP) is 2.79. The first-order valence-corrected chi connectivity index (χ1v) is 6.60. The number of carbonyl (C=O) groups is 1. The predicted molar refractivity (Wildman–Crippen MR) is 69.9 cm³/mol. The van der Waals surface area contributed by atoms with Gasteiger partial charge in [-0.3, -0.25) is 10.1 Å². The SMILES string of the molecule is CSCc1cc([N+](=O)[O-])ccc1[C@@H](C)NC(=O)O. The molecule has 0 aliphatic heterocycles. The first-order chi connectivity index (χ1) is 8.45. The summed E-state index contributed by atoms with van der Waals surface area (Å²) in [6.07, 6.45) is 0.772. The highest BCUT2D eigenvalue weighted by atomic mass is 32.2. The number of hydrogen-bond donors (Lipinski definition) is 2. The van der Waals surface area contributed by atoms with E-state index in [-0.39, 0.29) is 5.69 Å². The van der Waals surface area contributed by atoms with E-state index in [1.165, 1.54) is 23.9 Å². The fourth-order valence-electron chi connectivity index (χ4n) is 1.67. The number of rotatable bonds is 5. The van der Waals surface area contributed by atoms with Crippen LogP contribution in [0.2, 0.25) is 0 Å². The van der Waals surface area contributed by atoms with E-state index < -0.39 is 17.1 Å². The van der Waals surface area contributed by atoms with E-state index in [2.05, 4.69) is 5.32 Å². The second-order valence-corrected chi connectivity index (χ2v) is 4.61. The first-order valence-electron chi connectivity index (χ1n) is 5.21. The molecule has 1 amide bonds. The van der Waals surface area contributed by atoms with Crippen molar-refractivity contribution in [2.24, 2.45) is 0 Å². The number of non-ortho nitro benzene ring substituents is 1. The highest BCUT2D eigenvalue weighted by Gasteiger charge is 2.16. The van der Waals surface area contributed by atoms with Crippen molar-refractivity contribution in [1.82, 2.24) is 5.32 Å². The quantitative estimate of drug-likeness (QED) is 0.634. The van der Waals surface area contributed by atoms with Gasteiger partial charge in [0.25, 0.3) is 5.69 Å². The summed E-state index contributed by atoms with van der Waals surface area (Å²) in [5.74, 6) is 0.600. The summed E-state index contributed by atoms with van der Waals surface area (Å²) in [5, 5.41) is 21.7. The van der Waals surface area contributed by atoms with Gasteiger partial charge in [-0.2, -0.15) is 11.8 Å². The van der Waals surface area contributed by atoms with E-state index in [1.54, 1.807) is 13.0 Å². The number of carboxylic acid groups (broad SMARTS) is 1. The Kier molecular flexibility index (Phi) is 4.96. The summed E-state index contributed by atoms with van der Waals surface area (Å²) in [6, 6.07) is 4.08. The molecule has 2 N–H and O–H groups in total. The fraction of sp³-hybridized carbons (Fsp3) is 0.364. The molecule has 1 atom stereocenters. The van der Waals surface area contributed by atoms with Gasteiger partial charge in [0, 0.05) is 17.9 Å². The molecular formula is C11H14N2O4S. The van der Waals surface area contributed by atoms with Crippen LogP contribution in [0.25, 0.3) is 0 Å². The van der Waals surface area contributed by atoms with Crippen LogP contribution in [0.4, 0.5) is 10.5 Å². The monoisotopic (exact) mass is 270 g/mol. The van der Waals surface area contributed by atoms with Crippen molar-refractivity contribution in [3.8, 4) is 0 Å². The van der Waals surface area contributed by atoms with Gasteiger partial charge in [-0.05, 0) is 30.4 Å². The largest absolute Gasteiger partial charge is 0.465 e. The maximum atomic E-state index is 10.7. The summed E-state index contributed by atoms with van der Waals surface area (Å²) < 4.78 is 0. The molecule has 6 nitrogen and oxygen atoms in total. The molecule has 0 fully saturated rings. The van der Waals surface area contributed by atoms with Crippen molar-refractivity contribution < 1.29 is 14.8 Å². The minimum absolute atomic E-state index is 0.0188. The molecule has 0 unspecified atom stereocenters. The molecule has 1 aromatic carbocycles. The van der Waals surface area contributed by atoms with Crippen LogP contribution in [0.5, 0.6) is 0 Å². The molecule has 0 heterocycles. The number of nitrogens with zero attached hydrogens (tertiary/aromatic N) is 1. The molecule has 0 aromatic heterocycles. The van der Waals surface area contributed by atoms with Gasteiger partial charge in [-0.25, -0.2) is 4.79 Å². The molecule has 0 aliphatic carbocycles. The summed E-state index contributed by atoms with van der Waals surface area (Å²) >= 11 is 1.53. The molecule has 0 aliphatic rings. The summed E-state index contributed by atoms with van der Waals surface area (Å²) in [4.78, 5) is 20.9. The van der Waals surface area contributed by atoms with Crippen LogP contribution < -0.4 is 5.32 Å². The van der Waals surface area contributed by atoms with Crippen molar-refractivity contribution in [2.45, 2.75) is 18.7 Å². The second kappa shape index (κ2) is 6.25. The van der Waals surface area contributed by atoms with Gasteiger partial charge in [0.15, 0.2) is 0 Å². The van der Waals surface area contributed by atoms with Crippen LogP contribution in [0.15, 0.2) is 18.2 Å². The zero-order valence-electron chi connectivity index (χ0n) is 10.0. The molecular weight excluding hydrogens is 256 g/mol. The van der Waals surface area contributed by atoms with E-state index >= 15 is 0 Å². The van der Waals surface area contributed by atoms with Crippen molar-refractivity contribution in [1.29, 1.82) is 0 Å². The second-order valence-electron chi connectivity index (χ2n) is 3.74. The number of nitro groups is 1. The number of thioether (sulfide) groups is 1. The normalized spacial score (nSPS) is 11.9. The van der Waals surface area contributed by atoms with E-state index in [9.17, 15) is 14.9 Å². The Labute approximate surface area is 109 Å². The average Bonchev–Trinajstić information content (AvgIpc) is 2.28. The van der Waals surface area contributed by atoms with E-state index in [0.717, 1.165) is 11.1 Å². The van der Waals surface area contributed by atoms with E-state index in [1.807, 2.05) is 6.26 Å². The van der Waals surface area contributed by atoms with Crippen molar-refractivity contribution in [3.63, 3.8) is 0 Å². The minimum atomic E-state index is -1.11. The van der Waals surface area contributed by atoms with Crippen LogP contribution in [0, 0.1) is 10.1 Å². The molecule has 7 heteroatoms. The number of benzene rings is 1. The molecule has 1 aromatic rings. The molecule has 0 bridgehead atoms. The van der Waals surface area contributed by atoms with Gasteiger partial charge >= 0.3 is 6.09 Å². The van der Waals surface area contributed by atoms with Gasteiger partial charge < -0.3 is 10.4 Å². The summed E-state index contributed by atoms with van der Waals surface area (Å²) in [5.41, 5.74) is 1.56. The molecule has 1 rings (SSSR count). The van der Waals surface area contributed by atoms with Crippen molar-refractivity contribution >= 4 is 23.5 Å². The Hall–Kier alpha value is -1.76. The Morgan fingerprint density at radius 2 is 2.28 bits per heavy atom. The van der Waals surface area contributed by atoms with Crippen LogP contribution in [-0.2, 0) is 5.75 Å². The third kappa shape index (κ3) is 3.63. The highest BCUT2D eigenvalue weighted by Crippen LogP contribution is 2.25. The van der Waals surface area contributed by atoms with Gasteiger partial charge in [0.2, 0.25) is 0 Å². The minimum Gasteiger partial charge on any atom is -0.465 e. The van der Waals surface area contributed by atoms with Gasteiger partial charge in [0.1, 0.15) is 0 Å². The van der Waals surface area contributed by atoms with E-state index in [4.69, 9.17) is 5.11 Å². The third-order valence-corrected chi connectivity index (χ3v) is 3.04. The van der Waals surface area contributed by atoms with Crippen molar-refractivity contribution in [3.05, 3.63) is 39.4 Å². The molecule has 18 heavy (non-hydrogen) atoms. The summed E-state index contributed by atoms with van der Waals surface area (Å²) in [7, 11) is 0. The standard InChI is InChI=1S/C11H14N2O4S/c1-7(12-11(14)15)10-4-3-9(13(16)17)5-8(10)6-18-2/h3-5,7,12H,6H2,1-2H3,(H,14,15)/t7-/m1/s1. The number of nitrogens with one attached hydrogen (secondary N) is 1. The number of nitro benzene ring substituents is 1. The summed E-state index contributed by atoms with van der Waals surface area (Å²) in [6.45, 7) is 1.71. The molecule has 0 saturated heterocycles. The zero-order chi connectivity index (χ0) is 13.7.